The summed E-state index contributed by atoms with van der Waals surface area (Å²) in [4.78, 5) is 7.13. The molecule has 5 heteroatoms. The smallest absolute Gasteiger partial charge is 0.226 e. The number of aromatic nitrogens is 2. The van der Waals surface area contributed by atoms with Gasteiger partial charge in [-0.15, -0.1) is 0 Å². The average Bonchev–Trinajstić information content (AvgIpc) is 2.29. The van der Waals surface area contributed by atoms with E-state index in [1.807, 2.05) is 0 Å². The summed E-state index contributed by atoms with van der Waals surface area (Å²) in [6.45, 7) is 0. The molecular weight excluding hydrogens is 217 g/mol. The van der Waals surface area contributed by atoms with Gasteiger partial charge in [0.1, 0.15) is 5.69 Å². The first-order chi connectivity index (χ1) is 7.57. The van der Waals surface area contributed by atoms with Crippen LogP contribution in [-0.4, -0.2) is 9.97 Å². The van der Waals surface area contributed by atoms with Crippen molar-refractivity contribution < 1.29 is 13.2 Å². The van der Waals surface area contributed by atoms with Gasteiger partial charge in [0.25, 0.3) is 0 Å². The molecule has 1 radical (unpaired) electrons. The minimum Gasteiger partial charge on any atom is -0.226 e. The summed E-state index contributed by atoms with van der Waals surface area (Å²) >= 11 is 0. The van der Waals surface area contributed by atoms with Crippen molar-refractivity contribution in [3.8, 4) is 11.4 Å². The molecule has 81 valence electrons. The van der Waals surface area contributed by atoms with Gasteiger partial charge in [-0.25, -0.2) is 9.97 Å². The Hall–Kier alpha value is -1.91. The quantitative estimate of drug-likeness (QED) is 0.742. The highest BCUT2D eigenvalue weighted by Gasteiger charge is 2.32. The Morgan fingerprint density at radius 3 is 2.38 bits per heavy atom. The second-order valence-electron chi connectivity index (χ2n) is 3.07. The molecule has 0 aliphatic rings. The molecule has 1 aromatic heterocycles. The predicted octanol–water partition coefficient (Wildman–Crippen LogP) is 2.96. The van der Waals surface area contributed by atoms with E-state index in [0.717, 1.165) is 6.07 Å². The highest BCUT2D eigenvalue weighted by atomic mass is 19.4. The van der Waals surface area contributed by atoms with E-state index in [4.69, 9.17) is 0 Å². The molecule has 0 saturated carbocycles. The first kappa shape index (κ1) is 10.6. The van der Waals surface area contributed by atoms with Gasteiger partial charge in [-0.1, -0.05) is 30.3 Å². The lowest BCUT2D eigenvalue weighted by Crippen LogP contribution is -2.09. The van der Waals surface area contributed by atoms with Crippen molar-refractivity contribution >= 4 is 0 Å². The Kier molecular flexibility index (Phi) is 2.60. The number of rotatable bonds is 1. The number of hydrogen-bond acceptors (Lipinski definition) is 2. The summed E-state index contributed by atoms with van der Waals surface area (Å²) in [6, 6.07) is 9.19. The average molecular weight is 223 g/mol. The van der Waals surface area contributed by atoms with E-state index < -0.39 is 11.9 Å². The summed E-state index contributed by atoms with van der Waals surface area (Å²) < 4.78 is 37.1. The molecule has 1 heterocycles. The van der Waals surface area contributed by atoms with Gasteiger partial charge < -0.3 is 0 Å². The summed E-state index contributed by atoms with van der Waals surface area (Å²) in [7, 11) is 0. The van der Waals surface area contributed by atoms with Crippen molar-refractivity contribution in [2.24, 2.45) is 0 Å². The van der Waals surface area contributed by atoms with Gasteiger partial charge >= 0.3 is 6.18 Å². The Morgan fingerprint density at radius 2 is 1.75 bits per heavy atom. The molecule has 0 amide bonds. The molecule has 2 nitrogen and oxygen atoms in total. The van der Waals surface area contributed by atoms with Gasteiger partial charge in [0, 0.05) is 5.56 Å². The minimum absolute atomic E-state index is 0.0235. The molecule has 0 spiro atoms. The summed E-state index contributed by atoms with van der Waals surface area (Å²) in [5.74, 6) is 0.0235. The van der Waals surface area contributed by atoms with Crippen LogP contribution in [0.2, 0.25) is 0 Å². The Labute approximate surface area is 89.8 Å². The van der Waals surface area contributed by atoms with Crippen LogP contribution in [0.3, 0.4) is 0 Å². The zero-order valence-corrected chi connectivity index (χ0v) is 7.99. The fourth-order valence-corrected chi connectivity index (χ4v) is 1.19. The number of benzene rings is 1. The molecule has 0 aliphatic heterocycles. The fourth-order valence-electron chi connectivity index (χ4n) is 1.19. The van der Waals surface area contributed by atoms with Crippen LogP contribution in [0.25, 0.3) is 11.4 Å². The van der Waals surface area contributed by atoms with Crippen LogP contribution in [0.5, 0.6) is 0 Å². The largest absolute Gasteiger partial charge is 0.433 e. The van der Waals surface area contributed by atoms with E-state index in [1.54, 1.807) is 30.3 Å². The van der Waals surface area contributed by atoms with Crippen molar-refractivity contribution in [2.45, 2.75) is 6.18 Å². The van der Waals surface area contributed by atoms with Gasteiger partial charge in [-0.2, -0.15) is 13.2 Å². The van der Waals surface area contributed by atoms with Crippen LogP contribution in [0, 0.1) is 6.20 Å². The first-order valence-electron chi connectivity index (χ1n) is 4.45. The third-order valence-electron chi connectivity index (χ3n) is 1.92. The normalized spacial score (nSPS) is 11.4. The molecule has 2 aromatic rings. The van der Waals surface area contributed by atoms with Crippen molar-refractivity contribution in [2.75, 3.05) is 0 Å². The molecule has 0 atom stereocenters. The highest BCUT2D eigenvalue weighted by molar-refractivity contribution is 5.54. The second-order valence-corrected chi connectivity index (χ2v) is 3.07. The first-order valence-corrected chi connectivity index (χ1v) is 4.45. The van der Waals surface area contributed by atoms with E-state index in [-0.39, 0.29) is 5.82 Å². The maximum Gasteiger partial charge on any atom is 0.433 e. The van der Waals surface area contributed by atoms with Crippen LogP contribution in [0.15, 0.2) is 36.4 Å². The van der Waals surface area contributed by atoms with Gasteiger partial charge in [0.2, 0.25) is 0 Å². The number of nitrogens with zero attached hydrogens (tertiary/aromatic N) is 2. The molecule has 0 unspecified atom stereocenters. The molecule has 0 saturated heterocycles. The van der Waals surface area contributed by atoms with Crippen LogP contribution in [0.4, 0.5) is 13.2 Å². The molecule has 0 bridgehead atoms. The van der Waals surface area contributed by atoms with Crippen molar-refractivity contribution in [1.82, 2.24) is 9.97 Å². The molecule has 0 fully saturated rings. The Morgan fingerprint density at radius 1 is 1.06 bits per heavy atom. The summed E-state index contributed by atoms with van der Waals surface area (Å²) in [5, 5.41) is 0. The van der Waals surface area contributed by atoms with Crippen LogP contribution >= 0.6 is 0 Å². The van der Waals surface area contributed by atoms with E-state index in [2.05, 4.69) is 16.2 Å². The zero-order chi connectivity index (χ0) is 11.6. The molecular formula is C11H6F3N2. The lowest BCUT2D eigenvalue weighted by Gasteiger charge is -2.06. The minimum atomic E-state index is -4.47. The molecule has 16 heavy (non-hydrogen) atoms. The van der Waals surface area contributed by atoms with Crippen molar-refractivity contribution in [1.29, 1.82) is 0 Å². The number of alkyl halides is 3. The van der Waals surface area contributed by atoms with Crippen LogP contribution in [0.1, 0.15) is 5.69 Å². The summed E-state index contributed by atoms with van der Waals surface area (Å²) in [5.41, 5.74) is -0.453. The Balaban J connectivity index is 2.45. The van der Waals surface area contributed by atoms with E-state index >= 15 is 0 Å². The van der Waals surface area contributed by atoms with Crippen LogP contribution < -0.4 is 0 Å². The van der Waals surface area contributed by atoms with E-state index in [1.165, 1.54) is 0 Å². The fraction of sp³-hybridized carbons (Fsp3) is 0.0909. The Bertz CT molecular complexity index is 480. The van der Waals surface area contributed by atoms with E-state index in [0.29, 0.717) is 5.56 Å². The number of hydrogen-bond donors (Lipinski definition) is 0. The maximum atomic E-state index is 12.4. The van der Waals surface area contributed by atoms with Gasteiger partial charge in [-0.3, -0.25) is 0 Å². The summed E-state index contributed by atoms with van der Waals surface area (Å²) in [6.07, 6.45) is -2.27. The van der Waals surface area contributed by atoms with Crippen molar-refractivity contribution in [3.63, 3.8) is 0 Å². The lowest BCUT2D eigenvalue weighted by molar-refractivity contribution is -0.141. The third kappa shape index (κ3) is 2.18. The molecule has 1 aromatic carbocycles. The monoisotopic (exact) mass is 223 g/mol. The van der Waals surface area contributed by atoms with Crippen LogP contribution in [-0.2, 0) is 6.18 Å². The maximum absolute atomic E-state index is 12.4. The molecule has 0 N–H and O–H groups in total. The van der Waals surface area contributed by atoms with Gasteiger partial charge in [0.05, 0.1) is 6.20 Å². The lowest BCUT2D eigenvalue weighted by atomic mass is 10.2. The number of halogens is 3. The second kappa shape index (κ2) is 3.92. The highest BCUT2D eigenvalue weighted by Crippen LogP contribution is 2.28. The molecule has 0 aliphatic carbocycles. The third-order valence-corrected chi connectivity index (χ3v) is 1.92. The van der Waals surface area contributed by atoms with E-state index in [9.17, 15) is 13.2 Å². The van der Waals surface area contributed by atoms with Crippen molar-refractivity contribution in [3.05, 3.63) is 48.3 Å². The SMILES string of the molecule is FC(F)(F)c1c[c]nc(-c2ccccc2)n1. The van der Waals surface area contributed by atoms with Gasteiger partial charge in [-0.05, 0) is 6.07 Å². The topological polar surface area (TPSA) is 25.8 Å². The van der Waals surface area contributed by atoms with Gasteiger partial charge in [0.15, 0.2) is 5.82 Å². The predicted molar refractivity (Wildman–Crippen MR) is 51.3 cm³/mol. The standard InChI is InChI=1S/C11H6F3N2/c12-11(13,14)9-6-7-15-10(16-9)8-4-2-1-3-5-8/h1-6H. The zero-order valence-electron chi connectivity index (χ0n) is 7.99. The molecule has 2 rings (SSSR count).